The maximum atomic E-state index is 12.2. The number of fused-ring (bicyclic) bond motifs is 3. The van der Waals surface area contributed by atoms with Crippen LogP contribution in [0.3, 0.4) is 0 Å². The van der Waals surface area contributed by atoms with E-state index in [9.17, 15) is 4.79 Å². The lowest BCUT2D eigenvalue weighted by Crippen LogP contribution is -2.68. The number of carbonyl (C=O) groups excluding carboxylic acids is 1. The van der Waals surface area contributed by atoms with Crippen LogP contribution in [0.1, 0.15) is 44.9 Å². The fourth-order valence-corrected chi connectivity index (χ4v) is 4.02. The second-order valence-electron chi connectivity index (χ2n) is 6.71. The number of nitrogens with two attached hydrogens (primary N) is 1. The highest BCUT2D eigenvalue weighted by atomic mass is 16.1. The molecule has 3 rings (SSSR count). The zero-order chi connectivity index (χ0) is 13.3. The standard InChI is InChI=1S/C14H21N3O/c1-12(2)10(18)5-6-13(3)11-9(7-14(12,13)15)8-17(4)16-11/h8H,5-7,15H2,1-4H3. The highest BCUT2D eigenvalue weighted by Crippen LogP contribution is 2.57. The second kappa shape index (κ2) is 3.05. The summed E-state index contributed by atoms with van der Waals surface area (Å²) in [5.74, 6) is 0.289. The molecule has 18 heavy (non-hydrogen) atoms. The molecule has 0 bridgehead atoms. The molecule has 1 fully saturated rings. The number of carbonyl (C=O) groups is 1. The third-order valence-electron chi connectivity index (χ3n) is 5.55. The molecule has 98 valence electrons. The Morgan fingerprint density at radius 3 is 2.72 bits per heavy atom. The Morgan fingerprint density at radius 1 is 1.39 bits per heavy atom. The number of aromatic nitrogens is 2. The van der Waals surface area contributed by atoms with Crippen LogP contribution >= 0.6 is 0 Å². The topological polar surface area (TPSA) is 60.9 Å². The molecule has 1 aromatic rings. The number of hydrogen-bond donors (Lipinski definition) is 1. The molecule has 0 radical (unpaired) electrons. The molecule has 1 heterocycles. The van der Waals surface area contributed by atoms with Gasteiger partial charge in [-0.15, -0.1) is 0 Å². The summed E-state index contributed by atoms with van der Waals surface area (Å²) in [5, 5.41) is 4.61. The van der Waals surface area contributed by atoms with Crippen molar-refractivity contribution < 1.29 is 4.79 Å². The van der Waals surface area contributed by atoms with Gasteiger partial charge < -0.3 is 5.73 Å². The molecule has 2 aliphatic rings. The number of ketones is 1. The summed E-state index contributed by atoms with van der Waals surface area (Å²) in [6, 6.07) is 0. The molecule has 2 N–H and O–H groups in total. The molecule has 0 aliphatic heterocycles. The highest BCUT2D eigenvalue weighted by Gasteiger charge is 2.65. The van der Waals surface area contributed by atoms with Crippen molar-refractivity contribution in [3.8, 4) is 0 Å². The van der Waals surface area contributed by atoms with E-state index in [-0.39, 0.29) is 11.2 Å². The first-order valence-electron chi connectivity index (χ1n) is 6.57. The van der Waals surface area contributed by atoms with E-state index >= 15 is 0 Å². The predicted octanol–water partition coefficient (Wildman–Crippen LogP) is 1.32. The van der Waals surface area contributed by atoms with Crippen molar-refractivity contribution in [2.75, 3.05) is 0 Å². The maximum Gasteiger partial charge on any atom is 0.140 e. The molecule has 2 aliphatic carbocycles. The number of Topliss-reactive ketones (excluding diaryl/α,β-unsaturated/α-hetero) is 1. The average molecular weight is 247 g/mol. The van der Waals surface area contributed by atoms with Gasteiger partial charge in [-0.05, 0) is 18.4 Å². The van der Waals surface area contributed by atoms with E-state index in [0.29, 0.717) is 6.42 Å². The van der Waals surface area contributed by atoms with E-state index < -0.39 is 11.0 Å². The van der Waals surface area contributed by atoms with Crippen molar-refractivity contribution in [2.45, 2.75) is 51.0 Å². The predicted molar refractivity (Wildman–Crippen MR) is 69.2 cm³/mol. The fourth-order valence-electron chi connectivity index (χ4n) is 4.02. The first-order chi connectivity index (χ1) is 8.22. The molecule has 2 unspecified atom stereocenters. The monoisotopic (exact) mass is 247 g/mol. The lowest BCUT2D eigenvalue weighted by atomic mass is 9.52. The SMILES string of the molecule is Cn1cc2c(n1)C1(C)CCC(=O)C(C)(C)C1(N)C2. The van der Waals surface area contributed by atoms with Crippen molar-refractivity contribution in [3.05, 3.63) is 17.5 Å². The summed E-state index contributed by atoms with van der Waals surface area (Å²) >= 11 is 0. The zero-order valence-electron chi connectivity index (χ0n) is 11.6. The largest absolute Gasteiger partial charge is 0.323 e. The molecular formula is C14H21N3O. The Hall–Kier alpha value is -1.16. The number of nitrogens with zero attached hydrogens (tertiary/aromatic N) is 2. The molecule has 1 saturated carbocycles. The minimum absolute atomic E-state index is 0.180. The van der Waals surface area contributed by atoms with Crippen molar-refractivity contribution >= 4 is 5.78 Å². The Labute approximate surface area is 108 Å². The van der Waals surface area contributed by atoms with Gasteiger partial charge >= 0.3 is 0 Å². The summed E-state index contributed by atoms with van der Waals surface area (Å²) < 4.78 is 1.86. The minimum Gasteiger partial charge on any atom is -0.323 e. The van der Waals surface area contributed by atoms with Crippen molar-refractivity contribution in [1.29, 1.82) is 0 Å². The van der Waals surface area contributed by atoms with Crippen LogP contribution < -0.4 is 5.73 Å². The maximum absolute atomic E-state index is 12.2. The summed E-state index contributed by atoms with van der Waals surface area (Å²) in [6.45, 7) is 6.18. The minimum atomic E-state index is -0.499. The van der Waals surface area contributed by atoms with Gasteiger partial charge in [-0.25, -0.2) is 0 Å². The normalized spacial score (nSPS) is 37.5. The lowest BCUT2D eigenvalue weighted by molar-refractivity contribution is -0.137. The Balaban J connectivity index is 2.21. The zero-order valence-corrected chi connectivity index (χ0v) is 11.6. The van der Waals surface area contributed by atoms with Crippen LogP contribution in [0, 0.1) is 5.41 Å². The Morgan fingerprint density at radius 2 is 2.06 bits per heavy atom. The van der Waals surface area contributed by atoms with Crippen LogP contribution in [0.5, 0.6) is 0 Å². The molecule has 0 amide bonds. The molecule has 4 nitrogen and oxygen atoms in total. The first-order valence-corrected chi connectivity index (χ1v) is 6.57. The molecule has 2 atom stereocenters. The van der Waals surface area contributed by atoms with Gasteiger partial charge in [-0.1, -0.05) is 20.8 Å². The molecule has 0 spiro atoms. The number of rotatable bonds is 0. The van der Waals surface area contributed by atoms with Crippen molar-refractivity contribution in [1.82, 2.24) is 9.78 Å². The average Bonchev–Trinajstić information content (AvgIpc) is 2.72. The quantitative estimate of drug-likeness (QED) is 0.752. The van der Waals surface area contributed by atoms with Gasteiger partial charge in [0.05, 0.1) is 5.69 Å². The van der Waals surface area contributed by atoms with Crippen LogP contribution in [-0.4, -0.2) is 21.1 Å². The number of aryl methyl sites for hydroxylation is 1. The van der Waals surface area contributed by atoms with E-state index in [2.05, 4.69) is 12.0 Å². The Kier molecular flexibility index (Phi) is 2.01. The van der Waals surface area contributed by atoms with E-state index in [0.717, 1.165) is 18.5 Å². The fraction of sp³-hybridized carbons (Fsp3) is 0.714. The number of hydrogen-bond acceptors (Lipinski definition) is 3. The van der Waals surface area contributed by atoms with Crippen LogP contribution in [0.15, 0.2) is 6.20 Å². The smallest absolute Gasteiger partial charge is 0.140 e. The van der Waals surface area contributed by atoms with Crippen molar-refractivity contribution in [3.63, 3.8) is 0 Å². The van der Waals surface area contributed by atoms with Gasteiger partial charge in [0.15, 0.2) is 0 Å². The second-order valence-corrected chi connectivity index (χ2v) is 6.71. The van der Waals surface area contributed by atoms with Gasteiger partial charge in [0.1, 0.15) is 5.78 Å². The summed E-state index contributed by atoms with van der Waals surface area (Å²) in [6.07, 6.45) is 4.23. The highest BCUT2D eigenvalue weighted by molar-refractivity contribution is 5.88. The van der Waals surface area contributed by atoms with Crippen LogP contribution in [-0.2, 0) is 23.7 Å². The first kappa shape index (κ1) is 11.9. The Bertz CT molecular complexity index is 545. The third-order valence-corrected chi connectivity index (χ3v) is 5.55. The summed E-state index contributed by atoms with van der Waals surface area (Å²) in [4.78, 5) is 12.2. The van der Waals surface area contributed by atoms with E-state index in [1.165, 1.54) is 5.56 Å². The third kappa shape index (κ3) is 1.06. The van der Waals surface area contributed by atoms with Gasteiger partial charge in [0.25, 0.3) is 0 Å². The van der Waals surface area contributed by atoms with Gasteiger partial charge in [0.2, 0.25) is 0 Å². The van der Waals surface area contributed by atoms with Gasteiger partial charge in [0, 0.05) is 36.0 Å². The molecule has 0 saturated heterocycles. The van der Waals surface area contributed by atoms with Crippen molar-refractivity contribution in [2.24, 2.45) is 18.2 Å². The summed E-state index contributed by atoms with van der Waals surface area (Å²) in [7, 11) is 1.94. The van der Waals surface area contributed by atoms with E-state index in [4.69, 9.17) is 5.73 Å². The molecule has 0 aromatic carbocycles. The van der Waals surface area contributed by atoms with Gasteiger partial charge in [-0.3, -0.25) is 9.48 Å². The van der Waals surface area contributed by atoms with Gasteiger partial charge in [-0.2, -0.15) is 5.10 Å². The van der Waals surface area contributed by atoms with E-state index in [1.54, 1.807) is 0 Å². The lowest BCUT2D eigenvalue weighted by Gasteiger charge is -2.54. The van der Waals surface area contributed by atoms with Crippen LogP contribution in [0.2, 0.25) is 0 Å². The molecule has 1 aromatic heterocycles. The van der Waals surface area contributed by atoms with Crippen LogP contribution in [0.25, 0.3) is 0 Å². The van der Waals surface area contributed by atoms with Crippen LogP contribution in [0.4, 0.5) is 0 Å². The summed E-state index contributed by atoms with van der Waals surface area (Å²) in [5.41, 5.74) is 7.90. The molecular weight excluding hydrogens is 226 g/mol. The van der Waals surface area contributed by atoms with E-state index in [1.807, 2.05) is 31.8 Å². The molecule has 4 heteroatoms.